The summed E-state index contributed by atoms with van der Waals surface area (Å²) in [6.45, 7) is 1.10. The van der Waals surface area contributed by atoms with E-state index in [9.17, 15) is 0 Å². The molecule has 1 unspecified atom stereocenters. The minimum Gasteiger partial charge on any atom is -0.313 e. The van der Waals surface area contributed by atoms with Gasteiger partial charge in [-0.05, 0) is 71.7 Å². The van der Waals surface area contributed by atoms with Crippen LogP contribution in [0, 0.1) is 0 Å². The first-order valence-corrected chi connectivity index (χ1v) is 9.05. The van der Waals surface area contributed by atoms with Crippen molar-refractivity contribution in [1.29, 1.82) is 0 Å². The van der Waals surface area contributed by atoms with E-state index in [1.54, 1.807) is 11.3 Å². The van der Waals surface area contributed by atoms with Crippen LogP contribution in [0.2, 0.25) is 0 Å². The molecule has 3 heteroatoms. The van der Waals surface area contributed by atoms with Gasteiger partial charge in [0, 0.05) is 17.1 Å². The summed E-state index contributed by atoms with van der Waals surface area (Å²) in [6.07, 6.45) is 5.10. The molecule has 106 valence electrons. The van der Waals surface area contributed by atoms with E-state index >= 15 is 0 Å². The first kappa shape index (κ1) is 14.3. The zero-order valence-corrected chi connectivity index (χ0v) is 13.9. The molecule has 1 aliphatic rings. The number of rotatable bonds is 7. The van der Waals surface area contributed by atoms with Crippen LogP contribution in [0.25, 0.3) is 0 Å². The molecule has 1 aromatic heterocycles. The Morgan fingerprint density at radius 1 is 1.30 bits per heavy atom. The van der Waals surface area contributed by atoms with Gasteiger partial charge in [0.25, 0.3) is 0 Å². The molecule has 1 N–H and O–H groups in total. The monoisotopic (exact) mass is 349 g/mol. The van der Waals surface area contributed by atoms with E-state index in [4.69, 9.17) is 0 Å². The minimum absolute atomic E-state index is 0.605. The van der Waals surface area contributed by atoms with Crippen molar-refractivity contribution in [2.24, 2.45) is 0 Å². The molecule has 1 heterocycles. The lowest BCUT2D eigenvalue weighted by Gasteiger charge is -2.18. The first-order valence-electron chi connectivity index (χ1n) is 7.31. The van der Waals surface area contributed by atoms with Gasteiger partial charge in [-0.15, -0.1) is 0 Å². The number of hydrogen-bond acceptors (Lipinski definition) is 2. The Kier molecular flexibility index (Phi) is 4.92. The molecule has 1 aliphatic carbocycles. The summed E-state index contributed by atoms with van der Waals surface area (Å²) in [7, 11) is 0. The van der Waals surface area contributed by atoms with Gasteiger partial charge in [-0.3, -0.25) is 0 Å². The van der Waals surface area contributed by atoms with Gasteiger partial charge in [0.05, 0.1) is 0 Å². The molecule has 1 fully saturated rings. The number of aryl methyl sites for hydroxylation is 1. The molecule has 0 bridgehead atoms. The number of thiophene rings is 1. The van der Waals surface area contributed by atoms with Gasteiger partial charge in [-0.25, -0.2) is 0 Å². The molecule has 0 saturated heterocycles. The van der Waals surface area contributed by atoms with Gasteiger partial charge >= 0.3 is 0 Å². The van der Waals surface area contributed by atoms with Gasteiger partial charge in [-0.1, -0.05) is 28.1 Å². The van der Waals surface area contributed by atoms with Crippen molar-refractivity contribution >= 4 is 27.3 Å². The average Bonchev–Trinajstić information content (AvgIpc) is 3.13. The summed E-state index contributed by atoms with van der Waals surface area (Å²) in [5.41, 5.74) is 2.92. The van der Waals surface area contributed by atoms with Gasteiger partial charge < -0.3 is 5.32 Å². The molecule has 0 spiro atoms. The lowest BCUT2D eigenvalue weighted by atomic mass is 9.93. The molecule has 0 amide bonds. The molecular formula is C17H20BrNS. The van der Waals surface area contributed by atoms with Crippen LogP contribution in [-0.4, -0.2) is 12.6 Å². The van der Waals surface area contributed by atoms with E-state index in [1.165, 1.54) is 41.3 Å². The smallest absolute Gasteiger partial charge is 0.0178 e. The van der Waals surface area contributed by atoms with E-state index in [-0.39, 0.29) is 0 Å². The van der Waals surface area contributed by atoms with Gasteiger partial charge in [0.15, 0.2) is 0 Å². The second kappa shape index (κ2) is 6.88. The van der Waals surface area contributed by atoms with Crippen LogP contribution in [-0.2, 0) is 6.42 Å². The highest BCUT2D eigenvalue weighted by atomic mass is 79.9. The van der Waals surface area contributed by atoms with Crippen LogP contribution in [0.4, 0.5) is 0 Å². The highest BCUT2D eigenvalue weighted by Crippen LogP contribution is 2.26. The molecule has 1 atom stereocenters. The summed E-state index contributed by atoms with van der Waals surface area (Å²) >= 11 is 5.39. The Bertz CT molecular complexity index is 534. The standard InChI is InChI=1S/C17H20BrNS/c18-16-3-1-2-14(10-16)15(11-19-17-6-7-17)5-4-13-8-9-20-12-13/h1-3,8-10,12,15,17,19H,4-7,11H2. The number of nitrogens with one attached hydrogen (secondary N) is 1. The van der Waals surface area contributed by atoms with Gasteiger partial charge in [0.1, 0.15) is 0 Å². The third kappa shape index (κ3) is 4.18. The second-order valence-corrected chi connectivity index (χ2v) is 7.30. The van der Waals surface area contributed by atoms with Crippen molar-refractivity contribution in [3.8, 4) is 0 Å². The average molecular weight is 350 g/mol. The lowest BCUT2D eigenvalue weighted by Crippen LogP contribution is -2.24. The van der Waals surface area contributed by atoms with E-state index < -0.39 is 0 Å². The third-order valence-corrected chi connectivity index (χ3v) is 5.14. The van der Waals surface area contributed by atoms with Crippen LogP contribution in [0.15, 0.2) is 45.6 Å². The van der Waals surface area contributed by atoms with Crippen LogP contribution < -0.4 is 5.32 Å². The number of benzene rings is 1. The minimum atomic E-state index is 0.605. The summed E-state index contributed by atoms with van der Waals surface area (Å²) in [5.74, 6) is 0.605. The lowest BCUT2D eigenvalue weighted by molar-refractivity contribution is 0.548. The highest BCUT2D eigenvalue weighted by molar-refractivity contribution is 9.10. The van der Waals surface area contributed by atoms with Crippen molar-refractivity contribution in [3.63, 3.8) is 0 Å². The Morgan fingerprint density at radius 3 is 2.90 bits per heavy atom. The maximum atomic E-state index is 3.69. The maximum absolute atomic E-state index is 3.69. The van der Waals surface area contributed by atoms with Crippen LogP contribution in [0.1, 0.15) is 36.3 Å². The van der Waals surface area contributed by atoms with Crippen molar-refractivity contribution in [2.75, 3.05) is 6.54 Å². The molecule has 3 rings (SSSR count). The first-order chi connectivity index (χ1) is 9.81. The van der Waals surface area contributed by atoms with Crippen LogP contribution in [0.5, 0.6) is 0 Å². The molecule has 0 aliphatic heterocycles. The number of hydrogen-bond donors (Lipinski definition) is 1. The van der Waals surface area contributed by atoms with Gasteiger partial charge in [0.2, 0.25) is 0 Å². The normalized spacial score (nSPS) is 16.2. The maximum Gasteiger partial charge on any atom is 0.0178 e. The van der Waals surface area contributed by atoms with Crippen LogP contribution in [0.3, 0.4) is 0 Å². The van der Waals surface area contributed by atoms with Crippen molar-refractivity contribution in [3.05, 3.63) is 56.7 Å². The quantitative estimate of drug-likeness (QED) is 0.743. The van der Waals surface area contributed by atoms with E-state index in [2.05, 4.69) is 62.3 Å². The molecule has 2 aromatic rings. The Balaban J connectivity index is 1.65. The summed E-state index contributed by atoms with van der Waals surface area (Å²) in [4.78, 5) is 0. The Labute approximate surface area is 133 Å². The van der Waals surface area contributed by atoms with Gasteiger partial charge in [-0.2, -0.15) is 11.3 Å². The molecule has 1 saturated carbocycles. The zero-order chi connectivity index (χ0) is 13.8. The van der Waals surface area contributed by atoms with Crippen molar-refractivity contribution in [2.45, 2.75) is 37.6 Å². The molecular weight excluding hydrogens is 330 g/mol. The zero-order valence-electron chi connectivity index (χ0n) is 11.5. The largest absolute Gasteiger partial charge is 0.313 e. The SMILES string of the molecule is Brc1cccc(C(CCc2ccsc2)CNC2CC2)c1. The van der Waals surface area contributed by atoms with E-state index in [0.29, 0.717) is 5.92 Å². The Hall–Kier alpha value is -0.640. The summed E-state index contributed by atoms with van der Waals surface area (Å²) in [5, 5.41) is 8.13. The predicted molar refractivity (Wildman–Crippen MR) is 90.5 cm³/mol. The fourth-order valence-corrected chi connectivity index (χ4v) is 3.64. The second-order valence-electron chi connectivity index (χ2n) is 5.60. The van der Waals surface area contributed by atoms with E-state index in [0.717, 1.165) is 12.6 Å². The summed E-state index contributed by atoms with van der Waals surface area (Å²) in [6, 6.07) is 11.8. The third-order valence-electron chi connectivity index (χ3n) is 3.91. The summed E-state index contributed by atoms with van der Waals surface area (Å²) < 4.78 is 1.18. The molecule has 20 heavy (non-hydrogen) atoms. The van der Waals surface area contributed by atoms with E-state index in [1.807, 2.05) is 0 Å². The fourth-order valence-electron chi connectivity index (χ4n) is 2.52. The Morgan fingerprint density at radius 2 is 2.20 bits per heavy atom. The predicted octanol–water partition coefficient (Wildman–Crippen LogP) is 4.98. The topological polar surface area (TPSA) is 12.0 Å². The van der Waals surface area contributed by atoms with Crippen molar-refractivity contribution < 1.29 is 0 Å². The number of halogens is 1. The fraction of sp³-hybridized carbons (Fsp3) is 0.412. The molecule has 1 aromatic carbocycles. The molecule has 1 nitrogen and oxygen atoms in total. The molecule has 0 radical (unpaired) electrons. The van der Waals surface area contributed by atoms with Crippen LogP contribution >= 0.6 is 27.3 Å². The van der Waals surface area contributed by atoms with Crippen molar-refractivity contribution in [1.82, 2.24) is 5.32 Å². The highest BCUT2D eigenvalue weighted by Gasteiger charge is 2.22.